The summed E-state index contributed by atoms with van der Waals surface area (Å²) in [5, 5.41) is 11.9. The molecule has 0 saturated heterocycles. The number of nitrogens with one attached hydrogen (secondary N) is 1. The summed E-state index contributed by atoms with van der Waals surface area (Å²) < 4.78 is 0. The summed E-state index contributed by atoms with van der Waals surface area (Å²) in [6.07, 6.45) is 1.49. The molecule has 0 aliphatic heterocycles. The van der Waals surface area contributed by atoms with Crippen molar-refractivity contribution in [1.82, 2.24) is 9.88 Å². The van der Waals surface area contributed by atoms with Gasteiger partial charge in [0.25, 0.3) is 0 Å². The minimum Gasteiger partial charge on any atom is -0.478 e. The van der Waals surface area contributed by atoms with Crippen LogP contribution in [-0.4, -0.2) is 47.6 Å². The third-order valence-electron chi connectivity index (χ3n) is 2.47. The number of anilines is 1. The number of carbonyl (C=O) groups is 1. The van der Waals surface area contributed by atoms with Gasteiger partial charge in [0.05, 0.1) is 5.56 Å². The normalized spacial score (nSPS) is 12.5. The van der Waals surface area contributed by atoms with E-state index >= 15 is 0 Å². The molecule has 0 fully saturated rings. The first kappa shape index (κ1) is 12.4. The molecule has 0 radical (unpaired) electrons. The van der Waals surface area contributed by atoms with Gasteiger partial charge in [-0.15, -0.1) is 0 Å². The zero-order valence-electron chi connectivity index (χ0n) is 9.77. The molecule has 1 unspecified atom stereocenters. The summed E-state index contributed by atoms with van der Waals surface area (Å²) >= 11 is 0. The van der Waals surface area contributed by atoms with Gasteiger partial charge < -0.3 is 15.3 Å². The molecule has 0 bridgehead atoms. The predicted molar refractivity (Wildman–Crippen MR) is 62.8 cm³/mol. The molecule has 0 aliphatic rings. The number of likely N-dealkylation sites (N-methyl/N-ethyl adjacent to an activating group) is 1. The Balaban J connectivity index is 2.61. The highest BCUT2D eigenvalue weighted by Crippen LogP contribution is 2.07. The second-order valence-electron chi connectivity index (χ2n) is 3.93. The zero-order valence-corrected chi connectivity index (χ0v) is 9.77. The van der Waals surface area contributed by atoms with Crippen LogP contribution in [0.1, 0.15) is 17.3 Å². The number of aromatic nitrogens is 1. The van der Waals surface area contributed by atoms with E-state index < -0.39 is 5.97 Å². The average molecular weight is 223 g/mol. The Hall–Kier alpha value is -1.62. The highest BCUT2D eigenvalue weighted by molar-refractivity contribution is 5.88. The summed E-state index contributed by atoms with van der Waals surface area (Å²) in [4.78, 5) is 16.9. The first-order valence-corrected chi connectivity index (χ1v) is 5.10. The van der Waals surface area contributed by atoms with Crippen LogP contribution < -0.4 is 5.32 Å². The number of hydrogen-bond acceptors (Lipinski definition) is 4. The minimum atomic E-state index is -0.939. The third kappa shape index (κ3) is 3.51. The summed E-state index contributed by atoms with van der Waals surface area (Å²) in [6.45, 7) is 2.80. The molecular weight excluding hydrogens is 206 g/mol. The lowest BCUT2D eigenvalue weighted by Gasteiger charge is -2.20. The van der Waals surface area contributed by atoms with Crippen LogP contribution in [0.4, 0.5) is 5.82 Å². The van der Waals surface area contributed by atoms with Crippen molar-refractivity contribution in [2.24, 2.45) is 0 Å². The van der Waals surface area contributed by atoms with Gasteiger partial charge in [-0.3, -0.25) is 0 Å². The van der Waals surface area contributed by atoms with Crippen LogP contribution in [0.15, 0.2) is 18.3 Å². The second kappa shape index (κ2) is 5.46. The molecule has 0 saturated carbocycles. The van der Waals surface area contributed by atoms with Gasteiger partial charge in [0.2, 0.25) is 0 Å². The van der Waals surface area contributed by atoms with Crippen LogP contribution in [0.3, 0.4) is 0 Å². The molecule has 1 rings (SSSR count). The minimum absolute atomic E-state index is 0.245. The summed E-state index contributed by atoms with van der Waals surface area (Å²) in [5.74, 6) is -0.347. The molecule has 0 aromatic carbocycles. The van der Waals surface area contributed by atoms with Gasteiger partial charge in [0, 0.05) is 18.8 Å². The molecule has 5 heteroatoms. The lowest BCUT2D eigenvalue weighted by atomic mass is 10.2. The number of carboxylic acid groups (broad SMARTS) is 1. The van der Waals surface area contributed by atoms with Crippen molar-refractivity contribution in [3.05, 3.63) is 23.9 Å². The van der Waals surface area contributed by atoms with Gasteiger partial charge in [-0.2, -0.15) is 0 Å². The standard InChI is InChI=1S/C11H17N3O2/c1-8(14(2)3)7-13-10-6-9(11(15)16)4-5-12-10/h4-6,8H,7H2,1-3H3,(H,12,13)(H,15,16). The van der Waals surface area contributed by atoms with E-state index in [0.29, 0.717) is 11.9 Å². The largest absolute Gasteiger partial charge is 0.478 e. The highest BCUT2D eigenvalue weighted by Gasteiger charge is 2.06. The number of hydrogen-bond donors (Lipinski definition) is 2. The summed E-state index contributed by atoms with van der Waals surface area (Å²) in [7, 11) is 3.99. The Morgan fingerprint density at radius 3 is 2.88 bits per heavy atom. The van der Waals surface area contributed by atoms with E-state index in [4.69, 9.17) is 5.11 Å². The van der Waals surface area contributed by atoms with E-state index in [1.807, 2.05) is 14.1 Å². The summed E-state index contributed by atoms with van der Waals surface area (Å²) in [5.41, 5.74) is 0.245. The first-order chi connectivity index (χ1) is 7.50. The van der Waals surface area contributed by atoms with Crippen LogP contribution >= 0.6 is 0 Å². The molecule has 0 spiro atoms. The number of nitrogens with zero attached hydrogens (tertiary/aromatic N) is 2. The van der Waals surface area contributed by atoms with E-state index in [1.165, 1.54) is 18.3 Å². The first-order valence-electron chi connectivity index (χ1n) is 5.10. The number of aromatic carboxylic acids is 1. The van der Waals surface area contributed by atoms with Gasteiger partial charge in [-0.1, -0.05) is 0 Å². The van der Waals surface area contributed by atoms with E-state index in [1.54, 1.807) is 0 Å². The fourth-order valence-corrected chi connectivity index (χ4v) is 1.10. The van der Waals surface area contributed by atoms with Crippen molar-refractivity contribution < 1.29 is 9.90 Å². The predicted octanol–water partition coefficient (Wildman–Crippen LogP) is 1.14. The van der Waals surface area contributed by atoms with Crippen LogP contribution in [0, 0.1) is 0 Å². The fourth-order valence-electron chi connectivity index (χ4n) is 1.10. The van der Waals surface area contributed by atoms with Gasteiger partial charge >= 0.3 is 5.97 Å². The third-order valence-corrected chi connectivity index (χ3v) is 2.47. The molecule has 2 N–H and O–H groups in total. The lowest BCUT2D eigenvalue weighted by molar-refractivity contribution is 0.0697. The molecule has 1 heterocycles. The molecule has 0 aliphatic carbocycles. The van der Waals surface area contributed by atoms with Crippen molar-refractivity contribution in [1.29, 1.82) is 0 Å². The van der Waals surface area contributed by atoms with Crippen molar-refractivity contribution in [2.75, 3.05) is 26.0 Å². The second-order valence-corrected chi connectivity index (χ2v) is 3.93. The number of carboxylic acids is 1. The van der Waals surface area contributed by atoms with Crippen molar-refractivity contribution in [3.8, 4) is 0 Å². The van der Waals surface area contributed by atoms with Crippen LogP contribution in [0.25, 0.3) is 0 Å². The van der Waals surface area contributed by atoms with Crippen LogP contribution in [0.5, 0.6) is 0 Å². The quantitative estimate of drug-likeness (QED) is 0.783. The van der Waals surface area contributed by atoms with E-state index in [9.17, 15) is 4.79 Å². The van der Waals surface area contributed by atoms with Gasteiger partial charge in [0.15, 0.2) is 0 Å². The number of pyridine rings is 1. The Morgan fingerprint density at radius 2 is 2.31 bits per heavy atom. The van der Waals surface area contributed by atoms with Crippen LogP contribution in [-0.2, 0) is 0 Å². The van der Waals surface area contributed by atoms with E-state index in [-0.39, 0.29) is 5.56 Å². The molecule has 5 nitrogen and oxygen atoms in total. The molecule has 1 aromatic heterocycles. The lowest BCUT2D eigenvalue weighted by Crippen LogP contribution is -2.31. The molecule has 16 heavy (non-hydrogen) atoms. The zero-order chi connectivity index (χ0) is 12.1. The van der Waals surface area contributed by atoms with Crippen molar-refractivity contribution in [2.45, 2.75) is 13.0 Å². The number of rotatable bonds is 5. The molecule has 1 atom stereocenters. The molecule has 0 amide bonds. The monoisotopic (exact) mass is 223 g/mol. The van der Waals surface area contributed by atoms with Gasteiger partial charge in [-0.05, 0) is 33.2 Å². The van der Waals surface area contributed by atoms with E-state index in [0.717, 1.165) is 6.54 Å². The van der Waals surface area contributed by atoms with Gasteiger partial charge in [-0.25, -0.2) is 9.78 Å². The highest BCUT2D eigenvalue weighted by atomic mass is 16.4. The van der Waals surface area contributed by atoms with Crippen LogP contribution in [0.2, 0.25) is 0 Å². The van der Waals surface area contributed by atoms with Gasteiger partial charge in [0.1, 0.15) is 5.82 Å². The molecule has 88 valence electrons. The Morgan fingerprint density at radius 1 is 1.62 bits per heavy atom. The fraction of sp³-hybridized carbons (Fsp3) is 0.455. The Labute approximate surface area is 95.1 Å². The Kier molecular flexibility index (Phi) is 4.25. The SMILES string of the molecule is CC(CNc1cc(C(=O)O)ccn1)N(C)C. The van der Waals surface area contributed by atoms with E-state index in [2.05, 4.69) is 22.1 Å². The maximum atomic E-state index is 10.7. The summed E-state index contributed by atoms with van der Waals surface area (Å²) in [6, 6.07) is 3.36. The molecule has 1 aromatic rings. The smallest absolute Gasteiger partial charge is 0.335 e. The van der Waals surface area contributed by atoms with Crippen molar-refractivity contribution in [3.63, 3.8) is 0 Å². The van der Waals surface area contributed by atoms with Crippen molar-refractivity contribution >= 4 is 11.8 Å². The topological polar surface area (TPSA) is 65.5 Å². The molecular formula is C11H17N3O2. The average Bonchev–Trinajstić information content (AvgIpc) is 2.26. The Bertz CT molecular complexity index is 366. The maximum Gasteiger partial charge on any atom is 0.335 e. The maximum absolute atomic E-state index is 10.7.